The van der Waals surface area contributed by atoms with Gasteiger partial charge in [0.25, 0.3) is 5.56 Å². The second kappa shape index (κ2) is 13.8. The molecule has 0 saturated carbocycles. The maximum atomic E-state index is 13.8. The van der Waals surface area contributed by atoms with Crippen molar-refractivity contribution in [3.8, 4) is 28.6 Å². The van der Waals surface area contributed by atoms with E-state index in [2.05, 4.69) is 46.3 Å². The van der Waals surface area contributed by atoms with E-state index in [1.807, 2.05) is 57.2 Å². The van der Waals surface area contributed by atoms with E-state index >= 15 is 0 Å². The molecule has 1 aromatic heterocycles. The van der Waals surface area contributed by atoms with Crippen LogP contribution in [0.4, 0.5) is 0 Å². The number of aromatic nitrogens is 2. The predicted octanol–water partition coefficient (Wildman–Crippen LogP) is 6.33. The predicted molar refractivity (Wildman–Crippen MR) is 172 cm³/mol. The van der Waals surface area contributed by atoms with Gasteiger partial charge in [-0.2, -0.15) is 9.78 Å². The molecule has 0 saturated heterocycles. The van der Waals surface area contributed by atoms with Crippen LogP contribution in [0, 0.1) is 10.5 Å². The first-order chi connectivity index (χ1) is 20.2. The second-order valence-electron chi connectivity index (χ2n) is 9.73. The maximum Gasteiger partial charge on any atom is 0.343 e. The van der Waals surface area contributed by atoms with Crippen LogP contribution >= 0.6 is 22.6 Å². The summed E-state index contributed by atoms with van der Waals surface area (Å²) in [6, 6.07) is 14.8. The van der Waals surface area contributed by atoms with E-state index < -0.39 is 5.97 Å². The molecule has 1 heterocycles. The van der Waals surface area contributed by atoms with Crippen LogP contribution in [0.5, 0.6) is 17.2 Å². The number of carbonyl (C=O) groups is 1. The van der Waals surface area contributed by atoms with Gasteiger partial charge in [-0.15, -0.1) is 0 Å². The van der Waals surface area contributed by atoms with Gasteiger partial charge in [-0.05, 0) is 102 Å². The third-order valence-corrected chi connectivity index (χ3v) is 7.29. The number of halogens is 1. The van der Waals surface area contributed by atoms with Gasteiger partial charge < -0.3 is 18.9 Å². The molecule has 0 amide bonds. The number of hydrogen-bond acceptors (Lipinski definition) is 8. The Kier molecular flexibility index (Phi) is 10.2. The number of aryl methyl sites for hydroxylation is 1. The minimum Gasteiger partial charge on any atom is -0.494 e. The first-order valence-corrected chi connectivity index (χ1v) is 14.8. The quantitative estimate of drug-likeness (QED) is 0.104. The SMILES string of the molecule is CCOc1cc(C)c(-c2nc3ccccc3c(=O)n2N=Cc2cc(I)c(OCC(=O)OC)c(OCC)c2)cc1C(C)C. The van der Waals surface area contributed by atoms with Gasteiger partial charge in [0.05, 0.1) is 41.0 Å². The number of benzene rings is 3. The van der Waals surface area contributed by atoms with Crippen LogP contribution in [0.25, 0.3) is 22.3 Å². The van der Waals surface area contributed by atoms with E-state index in [0.717, 1.165) is 22.4 Å². The van der Waals surface area contributed by atoms with E-state index in [0.29, 0.717) is 50.6 Å². The summed E-state index contributed by atoms with van der Waals surface area (Å²) >= 11 is 2.11. The molecule has 0 spiro atoms. The largest absolute Gasteiger partial charge is 0.494 e. The molecule has 0 aliphatic heterocycles. The Bertz CT molecular complexity index is 1700. The molecule has 3 aromatic carbocycles. The number of esters is 1. The summed E-state index contributed by atoms with van der Waals surface area (Å²) < 4.78 is 24.1. The second-order valence-corrected chi connectivity index (χ2v) is 10.9. The highest BCUT2D eigenvalue weighted by atomic mass is 127. The molecule has 0 radical (unpaired) electrons. The fraction of sp³-hybridized carbons (Fsp3) is 0.312. The van der Waals surface area contributed by atoms with Gasteiger partial charge in [0.1, 0.15) is 5.75 Å². The lowest BCUT2D eigenvalue weighted by molar-refractivity contribution is -0.142. The van der Waals surface area contributed by atoms with E-state index in [-0.39, 0.29) is 18.1 Å². The van der Waals surface area contributed by atoms with Gasteiger partial charge in [-0.3, -0.25) is 4.79 Å². The molecule has 42 heavy (non-hydrogen) atoms. The summed E-state index contributed by atoms with van der Waals surface area (Å²) in [6.45, 7) is 10.7. The lowest BCUT2D eigenvalue weighted by atomic mass is 9.96. The average molecular weight is 684 g/mol. The van der Waals surface area contributed by atoms with Crippen molar-refractivity contribution in [2.45, 2.75) is 40.5 Å². The van der Waals surface area contributed by atoms with Gasteiger partial charge in [0, 0.05) is 5.56 Å². The fourth-order valence-electron chi connectivity index (χ4n) is 4.46. The van der Waals surface area contributed by atoms with Crippen molar-refractivity contribution in [2.24, 2.45) is 5.10 Å². The smallest absolute Gasteiger partial charge is 0.343 e. The van der Waals surface area contributed by atoms with E-state index in [4.69, 9.17) is 19.2 Å². The Morgan fingerprint density at radius 2 is 1.76 bits per heavy atom. The van der Waals surface area contributed by atoms with E-state index in [9.17, 15) is 9.59 Å². The van der Waals surface area contributed by atoms with Gasteiger partial charge in [0.15, 0.2) is 23.9 Å². The Morgan fingerprint density at radius 1 is 1.05 bits per heavy atom. The summed E-state index contributed by atoms with van der Waals surface area (Å²) in [5, 5.41) is 5.11. The first kappa shape index (κ1) is 31.0. The molecule has 0 fully saturated rings. The molecule has 9 nitrogen and oxygen atoms in total. The summed E-state index contributed by atoms with van der Waals surface area (Å²) in [6.07, 6.45) is 1.59. The summed E-state index contributed by atoms with van der Waals surface area (Å²) in [5.41, 5.74) is 3.69. The zero-order valence-corrected chi connectivity index (χ0v) is 26.7. The highest BCUT2D eigenvalue weighted by Crippen LogP contribution is 2.35. The van der Waals surface area contributed by atoms with Crippen molar-refractivity contribution in [3.63, 3.8) is 0 Å². The van der Waals surface area contributed by atoms with Crippen LogP contribution in [0.3, 0.4) is 0 Å². The molecule has 10 heteroatoms. The van der Waals surface area contributed by atoms with Crippen LogP contribution in [-0.4, -0.2) is 48.8 Å². The third-order valence-electron chi connectivity index (χ3n) is 6.49. The summed E-state index contributed by atoms with van der Waals surface area (Å²) in [4.78, 5) is 30.3. The molecule has 0 unspecified atom stereocenters. The lowest BCUT2D eigenvalue weighted by Crippen LogP contribution is -2.21. The highest BCUT2D eigenvalue weighted by Gasteiger charge is 2.19. The molecule has 4 rings (SSSR count). The Hall–Kier alpha value is -3.93. The van der Waals surface area contributed by atoms with Crippen molar-refractivity contribution >= 4 is 45.7 Å². The standard InChI is InChI=1S/C32H34IN3O6/c1-7-40-27-13-20(5)24(16-23(27)19(3)4)31-35-26-12-10-9-11-22(26)32(38)36(31)34-17-21-14-25(33)30(28(15-21)41-8-2)42-18-29(37)39-6/h9-17,19H,7-8,18H2,1-6H3. The monoisotopic (exact) mass is 683 g/mol. The van der Waals surface area contributed by atoms with Crippen LogP contribution in [0.2, 0.25) is 0 Å². The average Bonchev–Trinajstić information content (AvgIpc) is 2.96. The number of fused-ring (bicyclic) bond motifs is 1. The molecular weight excluding hydrogens is 649 g/mol. The van der Waals surface area contributed by atoms with Gasteiger partial charge >= 0.3 is 5.97 Å². The molecule has 0 bridgehead atoms. The van der Waals surface area contributed by atoms with Crippen molar-refractivity contribution in [1.82, 2.24) is 9.66 Å². The topological polar surface area (TPSA) is 101 Å². The van der Waals surface area contributed by atoms with Crippen molar-refractivity contribution in [2.75, 3.05) is 26.9 Å². The lowest BCUT2D eigenvalue weighted by Gasteiger charge is -2.18. The number of carbonyl (C=O) groups excluding carboxylic acids is 1. The van der Waals surface area contributed by atoms with Gasteiger partial charge in [-0.25, -0.2) is 9.78 Å². The van der Waals surface area contributed by atoms with Crippen molar-refractivity contribution in [3.05, 3.63) is 79.1 Å². The van der Waals surface area contributed by atoms with Gasteiger partial charge in [0.2, 0.25) is 0 Å². The van der Waals surface area contributed by atoms with Crippen LogP contribution in [-0.2, 0) is 9.53 Å². The van der Waals surface area contributed by atoms with Gasteiger partial charge in [-0.1, -0.05) is 26.0 Å². The van der Waals surface area contributed by atoms with Crippen LogP contribution in [0.15, 0.2) is 58.4 Å². The van der Waals surface area contributed by atoms with Crippen molar-refractivity contribution < 1.29 is 23.7 Å². The van der Waals surface area contributed by atoms with E-state index in [1.54, 1.807) is 18.3 Å². The number of para-hydroxylation sites is 1. The Morgan fingerprint density at radius 3 is 2.45 bits per heavy atom. The van der Waals surface area contributed by atoms with E-state index in [1.165, 1.54) is 11.8 Å². The molecule has 220 valence electrons. The molecule has 4 aromatic rings. The van der Waals surface area contributed by atoms with Crippen LogP contribution < -0.4 is 19.8 Å². The molecular formula is C32H34IN3O6. The fourth-order valence-corrected chi connectivity index (χ4v) is 5.24. The number of rotatable bonds is 11. The molecule has 0 N–H and O–H groups in total. The normalized spacial score (nSPS) is 11.3. The first-order valence-electron chi connectivity index (χ1n) is 13.7. The van der Waals surface area contributed by atoms with Crippen LogP contribution in [0.1, 0.15) is 50.3 Å². The zero-order chi connectivity index (χ0) is 30.4. The highest BCUT2D eigenvalue weighted by molar-refractivity contribution is 14.1. The minimum atomic E-state index is -0.500. The minimum absolute atomic E-state index is 0.189. The Balaban J connectivity index is 1.88. The molecule has 0 aliphatic rings. The summed E-state index contributed by atoms with van der Waals surface area (Å²) in [7, 11) is 1.30. The number of hydrogen-bond donors (Lipinski definition) is 0. The molecule has 0 atom stereocenters. The molecule has 0 aliphatic carbocycles. The Labute approximate surface area is 258 Å². The number of nitrogens with zero attached hydrogens (tertiary/aromatic N) is 3. The zero-order valence-electron chi connectivity index (χ0n) is 24.6. The third kappa shape index (κ3) is 6.75. The summed E-state index contributed by atoms with van der Waals surface area (Å²) in [5.74, 6) is 1.81. The maximum absolute atomic E-state index is 13.8. The van der Waals surface area contributed by atoms with Crippen molar-refractivity contribution in [1.29, 1.82) is 0 Å². The number of methoxy groups -OCH3 is 1. The number of ether oxygens (including phenoxy) is 4.